The number of fused-ring (bicyclic) bond motifs is 1. The Kier molecular flexibility index (Phi) is 4.61. The number of aryl methyl sites for hydroxylation is 1. The molecule has 3 rings (SSSR count). The monoisotopic (exact) mass is 340 g/mol. The first-order valence-electron chi connectivity index (χ1n) is 7.94. The molecule has 1 aliphatic heterocycles. The van der Waals surface area contributed by atoms with E-state index >= 15 is 0 Å². The van der Waals surface area contributed by atoms with E-state index in [1.54, 1.807) is 24.3 Å². The lowest BCUT2D eigenvalue weighted by atomic mass is 9.96. The third kappa shape index (κ3) is 3.28. The van der Waals surface area contributed by atoms with Crippen molar-refractivity contribution < 1.29 is 18.7 Å². The molecule has 1 N–H and O–H groups in total. The molecule has 25 heavy (non-hydrogen) atoms. The normalized spacial score (nSPS) is 16.4. The Bertz CT molecular complexity index is 877. The van der Waals surface area contributed by atoms with Crippen molar-refractivity contribution in [1.82, 2.24) is 0 Å². The second kappa shape index (κ2) is 6.84. The number of amides is 1. The number of halogens is 1. The topological polar surface area (TPSA) is 67.8 Å². The van der Waals surface area contributed by atoms with Crippen LogP contribution in [-0.4, -0.2) is 23.8 Å². The zero-order valence-corrected chi connectivity index (χ0v) is 13.9. The minimum absolute atomic E-state index is 0.241. The number of nitrogens with zero attached hydrogens (tertiary/aromatic N) is 1. The molecular formula is C19H17FN2O3. The van der Waals surface area contributed by atoms with E-state index in [0.29, 0.717) is 17.7 Å². The van der Waals surface area contributed by atoms with E-state index in [0.717, 1.165) is 5.56 Å². The van der Waals surface area contributed by atoms with E-state index in [2.05, 4.69) is 10.3 Å². The Balaban J connectivity index is 2.24. The zero-order chi connectivity index (χ0) is 18.0. The van der Waals surface area contributed by atoms with E-state index in [1.807, 2.05) is 19.1 Å². The average molecular weight is 340 g/mol. The Labute approximate surface area is 144 Å². The van der Waals surface area contributed by atoms with Gasteiger partial charge in [0.05, 0.1) is 11.4 Å². The first-order valence-corrected chi connectivity index (χ1v) is 7.94. The van der Waals surface area contributed by atoms with Crippen molar-refractivity contribution in [3.8, 4) is 0 Å². The number of carbonyl (C=O) groups is 2. The van der Waals surface area contributed by atoms with Gasteiger partial charge in [0.15, 0.2) is 0 Å². The summed E-state index contributed by atoms with van der Waals surface area (Å²) < 4.78 is 19.4. The number of carbonyl (C=O) groups excluding carboxylic acids is 2. The number of ether oxygens (including phenoxy) is 1. The van der Waals surface area contributed by atoms with Gasteiger partial charge in [-0.3, -0.25) is 9.59 Å². The summed E-state index contributed by atoms with van der Waals surface area (Å²) in [6, 6.07) is 11.6. The zero-order valence-electron chi connectivity index (χ0n) is 13.9. The molecule has 1 atom stereocenters. The summed E-state index contributed by atoms with van der Waals surface area (Å²) in [5, 5.41) is 2.76. The van der Waals surface area contributed by atoms with Gasteiger partial charge in [-0.15, -0.1) is 0 Å². The van der Waals surface area contributed by atoms with Crippen LogP contribution in [0.2, 0.25) is 0 Å². The molecule has 0 saturated carbocycles. The molecule has 1 aliphatic rings. The van der Waals surface area contributed by atoms with Gasteiger partial charge < -0.3 is 10.1 Å². The van der Waals surface area contributed by atoms with Crippen molar-refractivity contribution in [3.05, 3.63) is 65.0 Å². The number of hydrogen-bond donors (Lipinski definition) is 1. The Morgan fingerprint density at radius 1 is 1.20 bits per heavy atom. The molecule has 0 spiro atoms. The molecule has 0 radical (unpaired) electrons. The molecule has 0 bridgehead atoms. The number of rotatable bonds is 3. The van der Waals surface area contributed by atoms with Gasteiger partial charge >= 0.3 is 5.97 Å². The third-order valence-electron chi connectivity index (χ3n) is 3.91. The number of esters is 1. The molecule has 0 fully saturated rings. The van der Waals surface area contributed by atoms with E-state index < -0.39 is 23.9 Å². The number of para-hydroxylation sites is 1. The highest BCUT2D eigenvalue weighted by atomic mass is 19.1. The van der Waals surface area contributed by atoms with Gasteiger partial charge in [-0.1, -0.05) is 37.3 Å². The second-order valence-corrected chi connectivity index (χ2v) is 5.60. The molecule has 6 heteroatoms. The molecule has 128 valence electrons. The van der Waals surface area contributed by atoms with E-state index in [9.17, 15) is 14.0 Å². The van der Waals surface area contributed by atoms with Crippen molar-refractivity contribution in [2.45, 2.75) is 26.5 Å². The molecule has 0 aromatic heterocycles. The van der Waals surface area contributed by atoms with Gasteiger partial charge in [0.1, 0.15) is 5.82 Å². The van der Waals surface area contributed by atoms with Crippen LogP contribution in [0.1, 0.15) is 30.5 Å². The molecule has 0 unspecified atom stereocenters. The van der Waals surface area contributed by atoms with Crippen LogP contribution in [0.25, 0.3) is 0 Å². The highest BCUT2D eigenvalue weighted by Gasteiger charge is 2.29. The highest BCUT2D eigenvalue weighted by Crippen LogP contribution is 2.29. The standard InChI is InChI=1S/C19H17FN2O3/c1-3-12-7-6-9-14-16(12)21-18(24)19(25-11(2)23)22-17(14)13-8-4-5-10-15(13)20/h4-10,19H,3H2,1-2H3,(H,21,24)/t19-/m0/s1. The minimum atomic E-state index is -1.37. The van der Waals surface area contributed by atoms with Crippen molar-refractivity contribution in [3.63, 3.8) is 0 Å². The summed E-state index contributed by atoms with van der Waals surface area (Å²) in [6.07, 6.45) is -0.698. The second-order valence-electron chi connectivity index (χ2n) is 5.60. The largest absolute Gasteiger partial charge is 0.430 e. The fourth-order valence-corrected chi connectivity index (χ4v) is 2.78. The van der Waals surface area contributed by atoms with Gasteiger partial charge in [0.25, 0.3) is 12.1 Å². The molecule has 2 aromatic rings. The summed E-state index contributed by atoms with van der Waals surface area (Å²) in [5.41, 5.74) is 2.55. The van der Waals surface area contributed by atoms with Gasteiger partial charge in [-0.25, -0.2) is 9.38 Å². The van der Waals surface area contributed by atoms with Gasteiger partial charge in [0, 0.05) is 18.1 Å². The number of anilines is 1. The van der Waals surface area contributed by atoms with Crippen LogP contribution in [0.3, 0.4) is 0 Å². The number of hydrogen-bond acceptors (Lipinski definition) is 4. The predicted molar refractivity (Wildman–Crippen MR) is 92.0 cm³/mol. The number of aliphatic imine (C=N–C) groups is 1. The van der Waals surface area contributed by atoms with Gasteiger partial charge in [-0.05, 0) is 24.1 Å². The van der Waals surface area contributed by atoms with E-state index in [-0.39, 0.29) is 11.3 Å². The lowest BCUT2D eigenvalue weighted by Gasteiger charge is -2.14. The number of benzodiazepines with no additional fused rings is 1. The molecule has 1 amide bonds. The van der Waals surface area contributed by atoms with Crippen LogP contribution in [0.5, 0.6) is 0 Å². The molecule has 0 aliphatic carbocycles. The minimum Gasteiger partial charge on any atom is -0.430 e. The van der Waals surface area contributed by atoms with Gasteiger partial charge in [0.2, 0.25) is 0 Å². The first-order chi connectivity index (χ1) is 12.0. The summed E-state index contributed by atoms with van der Waals surface area (Å²) >= 11 is 0. The summed E-state index contributed by atoms with van der Waals surface area (Å²) in [4.78, 5) is 28.0. The first kappa shape index (κ1) is 16.8. The van der Waals surface area contributed by atoms with Crippen molar-refractivity contribution in [2.75, 3.05) is 5.32 Å². The van der Waals surface area contributed by atoms with Crippen LogP contribution < -0.4 is 5.32 Å². The van der Waals surface area contributed by atoms with Crippen molar-refractivity contribution in [2.24, 2.45) is 4.99 Å². The fraction of sp³-hybridized carbons (Fsp3) is 0.211. The number of benzene rings is 2. The molecular weight excluding hydrogens is 323 g/mol. The average Bonchev–Trinajstić information content (AvgIpc) is 2.72. The van der Waals surface area contributed by atoms with Crippen molar-refractivity contribution in [1.29, 1.82) is 0 Å². The van der Waals surface area contributed by atoms with Crippen LogP contribution in [0.4, 0.5) is 10.1 Å². The summed E-state index contributed by atoms with van der Waals surface area (Å²) in [5.74, 6) is -1.67. The van der Waals surface area contributed by atoms with Gasteiger partial charge in [-0.2, -0.15) is 0 Å². The maximum Gasteiger partial charge on any atom is 0.305 e. The van der Waals surface area contributed by atoms with Crippen LogP contribution in [-0.2, 0) is 20.7 Å². The van der Waals surface area contributed by atoms with Crippen LogP contribution in [0.15, 0.2) is 47.5 Å². The molecule has 2 aromatic carbocycles. The molecule has 5 nitrogen and oxygen atoms in total. The fourth-order valence-electron chi connectivity index (χ4n) is 2.78. The number of nitrogens with one attached hydrogen (secondary N) is 1. The SMILES string of the molecule is CCc1cccc2c1NC(=O)[C@H](OC(C)=O)N=C2c1ccccc1F. The predicted octanol–water partition coefficient (Wildman–Crippen LogP) is 3.07. The smallest absolute Gasteiger partial charge is 0.305 e. The van der Waals surface area contributed by atoms with Crippen molar-refractivity contribution >= 4 is 23.3 Å². The van der Waals surface area contributed by atoms with Crippen LogP contribution >= 0.6 is 0 Å². The quantitative estimate of drug-likeness (QED) is 0.873. The van der Waals surface area contributed by atoms with Crippen LogP contribution in [0, 0.1) is 5.82 Å². The molecule has 1 heterocycles. The maximum absolute atomic E-state index is 14.4. The Hall–Kier alpha value is -3.02. The Morgan fingerprint density at radius 2 is 1.92 bits per heavy atom. The van der Waals surface area contributed by atoms with E-state index in [1.165, 1.54) is 13.0 Å². The lowest BCUT2D eigenvalue weighted by molar-refractivity contribution is -0.151. The lowest BCUT2D eigenvalue weighted by Crippen LogP contribution is -2.30. The maximum atomic E-state index is 14.4. The Morgan fingerprint density at radius 3 is 2.60 bits per heavy atom. The highest BCUT2D eigenvalue weighted by molar-refractivity contribution is 6.20. The summed E-state index contributed by atoms with van der Waals surface area (Å²) in [6.45, 7) is 3.15. The molecule has 0 saturated heterocycles. The van der Waals surface area contributed by atoms with E-state index in [4.69, 9.17) is 4.74 Å². The third-order valence-corrected chi connectivity index (χ3v) is 3.91. The summed E-state index contributed by atoms with van der Waals surface area (Å²) in [7, 11) is 0.